The molecule has 0 heterocycles. The smallest absolute Gasteiger partial charge is 0.324 e. The molecule has 26 heavy (non-hydrogen) atoms. The van der Waals surface area contributed by atoms with Crippen molar-refractivity contribution in [3.63, 3.8) is 0 Å². The molecule has 0 spiro atoms. The Morgan fingerprint density at radius 3 is 1.35 bits per heavy atom. The van der Waals surface area contributed by atoms with Gasteiger partial charge in [0.2, 0.25) is 0 Å². The molecular formula is C20H46NO3PS. The molecular weight excluding hydrogens is 365 g/mol. The molecule has 0 bridgehead atoms. The van der Waals surface area contributed by atoms with E-state index in [9.17, 15) is 4.89 Å². The number of rotatable bonds is 18. The van der Waals surface area contributed by atoms with E-state index in [0.29, 0.717) is 13.2 Å². The molecule has 0 aliphatic carbocycles. The van der Waals surface area contributed by atoms with Gasteiger partial charge in [-0.2, -0.15) is 0 Å². The Labute approximate surface area is 168 Å². The summed E-state index contributed by atoms with van der Waals surface area (Å²) in [6.07, 6.45) is 17.8. The molecule has 0 saturated carbocycles. The summed E-state index contributed by atoms with van der Waals surface area (Å²) >= 11 is 4.79. The molecule has 4 nitrogen and oxygen atoms in total. The molecule has 0 fully saturated rings. The molecule has 0 radical (unpaired) electrons. The highest BCUT2D eigenvalue weighted by Crippen LogP contribution is 2.43. The topological polar surface area (TPSA) is 64.7 Å². The second-order valence-corrected chi connectivity index (χ2v) is 9.65. The van der Waals surface area contributed by atoms with Crippen LogP contribution < -0.4 is 5.73 Å². The van der Waals surface area contributed by atoms with E-state index in [1.807, 2.05) is 0 Å². The molecule has 160 valence electrons. The van der Waals surface area contributed by atoms with Crippen LogP contribution in [-0.2, 0) is 20.9 Å². The summed E-state index contributed by atoms with van der Waals surface area (Å²) in [5, 5.41) is 0. The maximum absolute atomic E-state index is 9.45. The summed E-state index contributed by atoms with van der Waals surface area (Å²) in [6.45, 7) is 5.33. The van der Waals surface area contributed by atoms with Gasteiger partial charge in [-0.05, 0) is 37.6 Å². The maximum Gasteiger partial charge on any atom is 0.324 e. The monoisotopic (exact) mass is 411 g/mol. The van der Waals surface area contributed by atoms with Crippen molar-refractivity contribution in [1.82, 2.24) is 0 Å². The van der Waals surface area contributed by atoms with Gasteiger partial charge < -0.3 is 19.7 Å². The van der Waals surface area contributed by atoms with E-state index >= 15 is 0 Å². The molecule has 0 aromatic carbocycles. The lowest BCUT2D eigenvalue weighted by molar-refractivity contribution is 0.193. The van der Waals surface area contributed by atoms with E-state index in [1.54, 1.807) is 0 Å². The van der Waals surface area contributed by atoms with Crippen LogP contribution in [-0.4, -0.2) is 24.7 Å². The molecule has 0 aliphatic heterocycles. The first-order chi connectivity index (χ1) is 12.5. The van der Waals surface area contributed by atoms with Crippen molar-refractivity contribution < 1.29 is 13.9 Å². The second kappa shape index (κ2) is 23.5. The van der Waals surface area contributed by atoms with Crippen LogP contribution in [0.15, 0.2) is 0 Å². The Hall–Kier alpha value is 0.490. The van der Waals surface area contributed by atoms with Crippen LogP contribution in [0.4, 0.5) is 0 Å². The van der Waals surface area contributed by atoms with Crippen molar-refractivity contribution >= 4 is 18.5 Å². The first-order valence-electron chi connectivity index (χ1n) is 10.9. The lowest BCUT2D eigenvalue weighted by Gasteiger charge is -2.14. The van der Waals surface area contributed by atoms with Crippen molar-refractivity contribution in [3.8, 4) is 0 Å². The van der Waals surface area contributed by atoms with Gasteiger partial charge in [0.1, 0.15) is 0 Å². The minimum Gasteiger partial charge on any atom is -0.330 e. The molecule has 0 unspecified atom stereocenters. The molecule has 0 aromatic heterocycles. The molecule has 3 N–H and O–H groups in total. The third-order valence-corrected chi connectivity index (χ3v) is 5.71. The summed E-state index contributed by atoms with van der Waals surface area (Å²) in [4.78, 5) is 9.45. The van der Waals surface area contributed by atoms with Gasteiger partial charge in [-0.15, -0.1) is 0 Å². The van der Waals surface area contributed by atoms with Crippen LogP contribution in [0, 0.1) is 0 Å². The van der Waals surface area contributed by atoms with Gasteiger partial charge in [0.15, 0.2) is 0 Å². The average molecular weight is 412 g/mol. The fourth-order valence-corrected chi connectivity index (χ4v) is 3.56. The van der Waals surface area contributed by atoms with E-state index in [-0.39, 0.29) is 0 Å². The summed E-state index contributed by atoms with van der Waals surface area (Å²) in [5.74, 6) is 0. The summed E-state index contributed by atoms with van der Waals surface area (Å²) in [7, 11) is 0. The van der Waals surface area contributed by atoms with E-state index < -0.39 is 6.72 Å². The van der Waals surface area contributed by atoms with Gasteiger partial charge in [-0.3, -0.25) is 0 Å². The SMILES string of the molecule is CCCCCCCCCCCCN.CCCCOP(O)(=S)OCCCC. The van der Waals surface area contributed by atoms with Crippen LogP contribution in [0.25, 0.3) is 0 Å². The van der Waals surface area contributed by atoms with Crippen LogP contribution in [0.5, 0.6) is 0 Å². The zero-order chi connectivity index (χ0) is 19.9. The predicted octanol–water partition coefficient (Wildman–Crippen LogP) is 6.70. The lowest BCUT2D eigenvalue weighted by atomic mass is 10.1. The standard InChI is InChI=1S/C12H27N.C8H19O3PS/c1-2-3-4-5-6-7-8-9-10-11-12-13;1-3-5-7-10-12(9,13)11-8-6-4-2/h2-13H2,1H3;3-8H2,1-2H3,(H,9,13). The molecule has 6 heteroatoms. The minimum absolute atomic E-state index is 0.496. The zero-order valence-electron chi connectivity index (χ0n) is 17.7. The first-order valence-corrected chi connectivity index (χ1v) is 13.4. The Bertz CT molecular complexity index is 283. The van der Waals surface area contributed by atoms with Gasteiger partial charge in [0.05, 0.1) is 13.2 Å². The van der Waals surface area contributed by atoms with Crippen molar-refractivity contribution in [2.45, 2.75) is 111 Å². The van der Waals surface area contributed by atoms with Gasteiger partial charge in [-0.25, -0.2) is 0 Å². The quantitative estimate of drug-likeness (QED) is 0.194. The Kier molecular flexibility index (Phi) is 26.0. The Balaban J connectivity index is 0. The molecule has 0 amide bonds. The van der Waals surface area contributed by atoms with Crippen molar-refractivity contribution in [1.29, 1.82) is 0 Å². The van der Waals surface area contributed by atoms with Gasteiger partial charge in [0.25, 0.3) is 0 Å². The number of unbranched alkanes of at least 4 members (excludes halogenated alkanes) is 11. The summed E-state index contributed by atoms with van der Waals surface area (Å²) in [5.41, 5.74) is 5.42. The number of hydrogen-bond donors (Lipinski definition) is 2. The summed E-state index contributed by atoms with van der Waals surface area (Å²) in [6, 6.07) is 0. The van der Waals surface area contributed by atoms with Crippen LogP contribution in [0.1, 0.15) is 111 Å². The highest BCUT2D eigenvalue weighted by Gasteiger charge is 2.13. The van der Waals surface area contributed by atoms with Crippen molar-refractivity contribution in [3.05, 3.63) is 0 Å². The van der Waals surface area contributed by atoms with Gasteiger partial charge in [0, 0.05) is 0 Å². The normalized spacial score (nSPS) is 11.3. The third-order valence-electron chi connectivity index (χ3n) is 4.06. The van der Waals surface area contributed by atoms with Gasteiger partial charge in [-0.1, -0.05) is 91.4 Å². The molecule has 0 aromatic rings. The Morgan fingerprint density at radius 1 is 0.654 bits per heavy atom. The van der Waals surface area contributed by atoms with Gasteiger partial charge >= 0.3 is 6.72 Å². The second-order valence-electron chi connectivity index (χ2n) is 6.81. The third kappa shape index (κ3) is 26.7. The highest BCUT2D eigenvalue weighted by atomic mass is 32.5. The first kappa shape index (κ1) is 28.7. The number of hydrogen-bond acceptors (Lipinski definition) is 4. The van der Waals surface area contributed by atoms with Crippen molar-refractivity contribution in [2.24, 2.45) is 5.73 Å². The lowest BCUT2D eigenvalue weighted by Crippen LogP contribution is -1.97. The summed E-state index contributed by atoms with van der Waals surface area (Å²) < 4.78 is 10.2. The van der Waals surface area contributed by atoms with E-state index in [0.717, 1.165) is 32.2 Å². The average Bonchev–Trinajstić information content (AvgIpc) is 2.61. The van der Waals surface area contributed by atoms with Crippen LogP contribution in [0.2, 0.25) is 0 Å². The van der Waals surface area contributed by atoms with Crippen LogP contribution in [0.3, 0.4) is 0 Å². The molecule has 0 saturated heterocycles. The largest absolute Gasteiger partial charge is 0.330 e. The maximum atomic E-state index is 9.45. The van der Waals surface area contributed by atoms with Crippen LogP contribution >= 0.6 is 6.72 Å². The van der Waals surface area contributed by atoms with Crippen molar-refractivity contribution in [2.75, 3.05) is 19.8 Å². The van der Waals surface area contributed by atoms with E-state index in [1.165, 1.54) is 64.2 Å². The fraction of sp³-hybridized carbons (Fsp3) is 1.00. The highest BCUT2D eigenvalue weighted by molar-refractivity contribution is 8.07. The van der Waals surface area contributed by atoms with E-state index in [4.69, 9.17) is 26.6 Å². The zero-order valence-corrected chi connectivity index (χ0v) is 19.4. The fourth-order valence-electron chi connectivity index (χ4n) is 2.32. The number of nitrogens with two attached hydrogens (primary N) is 1. The Morgan fingerprint density at radius 2 is 1.00 bits per heavy atom. The minimum atomic E-state index is -2.92. The molecule has 0 atom stereocenters. The molecule has 0 aliphatic rings. The molecule has 0 rings (SSSR count). The van der Waals surface area contributed by atoms with E-state index in [2.05, 4.69) is 20.8 Å². The predicted molar refractivity (Wildman–Crippen MR) is 119 cm³/mol.